The first kappa shape index (κ1) is 8.83. The van der Waals surface area contributed by atoms with Crippen LogP contribution in [0.25, 0.3) is 0 Å². The van der Waals surface area contributed by atoms with E-state index in [0.29, 0.717) is 0 Å². The maximum absolute atomic E-state index is 5.42. The average Bonchev–Trinajstić information content (AvgIpc) is 1.94. The van der Waals surface area contributed by atoms with E-state index in [9.17, 15) is 0 Å². The highest BCUT2D eigenvalue weighted by molar-refractivity contribution is 4.72. The minimum Gasteiger partial charge on any atom is -0.0843 e. The summed E-state index contributed by atoms with van der Waals surface area (Å²) in [5, 5.41) is 0. The molecule has 1 fully saturated rings. The van der Waals surface area contributed by atoms with E-state index >= 15 is 0 Å². The highest BCUT2D eigenvalue weighted by Crippen LogP contribution is 2.24. The molecule has 0 nitrogen and oxygen atoms in total. The van der Waals surface area contributed by atoms with Gasteiger partial charge in [0.05, 0.1) is 0 Å². The van der Waals surface area contributed by atoms with E-state index in [0.717, 1.165) is 12.3 Å². The van der Waals surface area contributed by atoms with Crippen LogP contribution in [0.4, 0.5) is 0 Å². The molecule has 1 aliphatic rings. The van der Waals surface area contributed by atoms with Crippen LogP contribution in [-0.4, -0.2) is 0 Å². The maximum atomic E-state index is 5.42. The van der Waals surface area contributed by atoms with Crippen LogP contribution in [0.5, 0.6) is 0 Å². The van der Waals surface area contributed by atoms with Crippen LogP contribution in [0, 0.1) is 12.5 Å². The Kier molecular flexibility index (Phi) is 4.33. The van der Waals surface area contributed by atoms with Gasteiger partial charge in [0.1, 0.15) is 0 Å². The number of hydrogen-bond donors (Lipinski definition) is 0. The predicted octanol–water partition coefficient (Wildman–Crippen LogP) is 3.73. The molecule has 0 aromatic heterocycles. The smallest absolute Gasteiger partial charge is 0.0319 e. The van der Waals surface area contributed by atoms with Crippen molar-refractivity contribution in [3.05, 3.63) is 12.7 Å². The third kappa shape index (κ3) is 3.60. The summed E-state index contributed by atoms with van der Waals surface area (Å²) in [5.74, 6) is 0.903. The molecule has 11 heavy (non-hydrogen) atoms. The molecule has 1 rings (SSSR count). The zero-order chi connectivity index (χ0) is 7.94. The fraction of sp³-hybridized carbons (Fsp3) is 0.818. The summed E-state index contributed by atoms with van der Waals surface area (Å²) >= 11 is 0. The van der Waals surface area contributed by atoms with Crippen LogP contribution in [0.15, 0.2) is 6.08 Å². The van der Waals surface area contributed by atoms with Gasteiger partial charge in [-0.3, -0.25) is 0 Å². The van der Waals surface area contributed by atoms with Crippen LogP contribution < -0.4 is 0 Å². The van der Waals surface area contributed by atoms with E-state index < -0.39 is 0 Å². The standard InChI is InChI=1S/C11H19/c1-2-8-11-9-6-4-3-5-7-10-11/h1-2,11H,3-10H2. The predicted molar refractivity (Wildman–Crippen MR) is 49.3 cm³/mol. The normalized spacial score (nSPS) is 22.2. The van der Waals surface area contributed by atoms with Crippen LogP contribution in [0.3, 0.4) is 0 Å². The zero-order valence-corrected chi connectivity index (χ0v) is 7.39. The third-order valence-electron chi connectivity index (χ3n) is 2.69. The zero-order valence-electron chi connectivity index (χ0n) is 7.39. The minimum absolute atomic E-state index is 0.903. The lowest BCUT2D eigenvalue weighted by Gasteiger charge is -2.17. The number of hydrogen-bond acceptors (Lipinski definition) is 0. The van der Waals surface area contributed by atoms with Crippen molar-refractivity contribution < 1.29 is 0 Å². The van der Waals surface area contributed by atoms with Gasteiger partial charge in [-0.1, -0.05) is 57.6 Å². The second kappa shape index (κ2) is 5.40. The van der Waals surface area contributed by atoms with Gasteiger partial charge in [-0.25, -0.2) is 0 Å². The molecule has 1 saturated carbocycles. The number of allylic oxidation sites excluding steroid dienone is 1. The highest BCUT2D eigenvalue weighted by atomic mass is 14.1. The molecule has 0 aliphatic heterocycles. The quantitative estimate of drug-likeness (QED) is 0.564. The molecule has 0 unspecified atom stereocenters. The van der Waals surface area contributed by atoms with E-state index in [4.69, 9.17) is 6.58 Å². The SMILES string of the molecule is [CH]=CCC1CCCCCCC1. The van der Waals surface area contributed by atoms with Crippen molar-refractivity contribution in [1.82, 2.24) is 0 Å². The Morgan fingerprint density at radius 1 is 1.00 bits per heavy atom. The molecule has 0 spiro atoms. The molecule has 1 radical (unpaired) electrons. The van der Waals surface area contributed by atoms with E-state index in [2.05, 4.69) is 0 Å². The van der Waals surface area contributed by atoms with E-state index in [1.165, 1.54) is 44.9 Å². The van der Waals surface area contributed by atoms with Crippen LogP contribution >= 0.6 is 0 Å². The summed E-state index contributed by atoms with van der Waals surface area (Å²) in [6, 6.07) is 0. The van der Waals surface area contributed by atoms with Crippen LogP contribution in [0.2, 0.25) is 0 Å². The molecular weight excluding hydrogens is 132 g/mol. The van der Waals surface area contributed by atoms with E-state index in [-0.39, 0.29) is 0 Å². The van der Waals surface area contributed by atoms with Crippen molar-refractivity contribution in [1.29, 1.82) is 0 Å². The molecule has 0 aromatic rings. The Balaban J connectivity index is 2.20. The second-order valence-corrected chi connectivity index (χ2v) is 3.68. The van der Waals surface area contributed by atoms with Gasteiger partial charge in [0.25, 0.3) is 0 Å². The fourth-order valence-corrected chi connectivity index (χ4v) is 1.97. The minimum atomic E-state index is 0.903. The average molecular weight is 151 g/mol. The Morgan fingerprint density at radius 3 is 2.09 bits per heavy atom. The molecule has 0 heterocycles. The summed E-state index contributed by atoms with van der Waals surface area (Å²) in [7, 11) is 0. The van der Waals surface area contributed by atoms with Gasteiger partial charge in [-0.2, -0.15) is 0 Å². The maximum Gasteiger partial charge on any atom is -0.0319 e. The lowest BCUT2D eigenvalue weighted by atomic mass is 9.89. The van der Waals surface area contributed by atoms with Crippen molar-refractivity contribution in [3.63, 3.8) is 0 Å². The molecule has 0 aromatic carbocycles. The van der Waals surface area contributed by atoms with Crippen molar-refractivity contribution in [3.8, 4) is 0 Å². The van der Waals surface area contributed by atoms with Gasteiger partial charge in [-0.15, -0.1) is 0 Å². The van der Waals surface area contributed by atoms with E-state index in [1.54, 1.807) is 0 Å². The van der Waals surface area contributed by atoms with Crippen LogP contribution in [0.1, 0.15) is 51.4 Å². The summed E-state index contributed by atoms with van der Waals surface area (Å²) < 4.78 is 0. The van der Waals surface area contributed by atoms with Gasteiger partial charge in [0, 0.05) is 0 Å². The summed E-state index contributed by atoms with van der Waals surface area (Å²) in [5.41, 5.74) is 0. The van der Waals surface area contributed by atoms with Gasteiger partial charge in [0.2, 0.25) is 0 Å². The van der Waals surface area contributed by atoms with Crippen molar-refractivity contribution in [2.75, 3.05) is 0 Å². The lowest BCUT2D eigenvalue weighted by Crippen LogP contribution is -2.02. The molecule has 1 aliphatic carbocycles. The Labute approximate surface area is 70.7 Å². The molecule has 0 saturated heterocycles. The highest BCUT2D eigenvalue weighted by Gasteiger charge is 2.08. The Bertz CT molecular complexity index is 96.6. The topological polar surface area (TPSA) is 0 Å². The Hall–Kier alpha value is -0.260. The molecule has 0 bridgehead atoms. The summed E-state index contributed by atoms with van der Waals surface area (Å²) in [6.07, 6.45) is 13.0. The molecule has 0 heteroatoms. The fourth-order valence-electron chi connectivity index (χ4n) is 1.97. The first-order chi connectivity index (χ1) is 5.43. The molecule has 0 atom stereocenters. The first-order valence-corrected chi connectivity index (χ1v) is 4.97. The molecule has 63 valence electrons. The van der Waals surface area contributed by atoms with E-state index in [1.807, 2.05) is 6.08 Å². The third-order valence-corrected chi connectivity index (χ3v) is 2.69. The van der Waals surface area contributed by atoms with Crippen molar-refractivity contribution in [2.45, 2.75) is 51.4 Å². The summed E-state index contributed by atoms with van der Waals surface area (Å²) in [4.78, 5) is 0. The molecular formula is C11H19. The number of rotatable bonds is 2. The second-order valence-electron chi connectivity index (χ2n) is 3.68. The van der Waals surface area contributed by atoms with Gasteiger partial charge < -0.3 is 0 Å². The van der Waals surface area contributed by atoms with Crippen LogP contribution in [-0.2, 0) is 0 Å². The van der Waals surface area contributed by atoms with Crippen molar-refractivity contribution >= 4 is 0 Å². The van der Waals surface area contributed by atoms with Gasteiger partial charge >= 0.3 is 0 Å². The van der Waals surface area contributed by atoms with Gasteiger partial charge in [0.15, 0.2) is 0 Å². The monoisotopic (exact) mass is 151 g/mol. The Morgan fingerprint density at radius 2 is 1.55 bits per heavy atom. The first-order valence-electron chi connectivity index (χ1n) is 4.97. The van der Waals surface area contributed by atoms with Gasteiger partial charge in [-0.05, 0) is 12.3 Å². The molecule has 0 N–H and O–H groups in total. The summed E-state index contributed by atoms with van der Waals surface area (Å²) in [6.45, 7) is 5.42. The largest absolute Gasteiger partial charge is 0.0843 e. The lowest BCUT2D eigenvalue weighted by molar-refractivity contribution is 0.381. The molecule has 0 amide bonds. The van der Waals surface area contributed by atoms with Crippen molar-refractivity contribution in [2.24, 2.45) is 5.92 Å².